The minimum absolute atomic E-state index is 0. The number of nitrogens with zero attached hydrogens (tertiary/aromatic N) is 2. The van der Waals surface area contributed by atoms with Gasteiger partial charge >= 0.3 is 0 Å². The second kappa shape index (κ2) is 7.61. The molecule has 2 heterocycles. The maximum absolute atomic E-state index is 6.03. The van der Waals surface area contributed by atoms with Crippen molar-refractivity contribution in [3.8, 4) is 0 Å². The zero-order valence-electron chi connectivity index (χ0n) is 14.8. The first-order valence-electron chi connectivity index (χ1n) is 8.94. The van der Waals surface area contributed by atoms with E-state index in [1.807, 2.05) is 19.2 Å². The van der Waals surface area contributed by atoms with Crippen LogP contribution in [0.1, 0.15) is 31.2 Å². The average molecular weight is 476 g/mol. The van der Waals surface area contributed by atoms with Gasteiger partial charge in [0, 0.05) is 49.1 Å². The molecule has 1 N–H and O–H groups in total. The maximum Gasteiger partial charge on any atom is 0.193 e. The summed E-state index contributed by atoms with van der Waals surface area (Å²) in [5.41, 5.74) is 2.01. The van der Waals surface area contributed by atoms with Crippen LogP contribution in [0.15, 0.2) is 29.3 Å². The van der Waals surface area contributed by atoms with E-state index < -0.39 is 0 Å². The summed E-state index contributed by atoms with van der Waals surface area (Å²) in [4.78, 5) is 6.94. The molecule has 3 fully saturated rings. The van der Waals surface area contributed by atoms with E-state index in [1.165, 1.54) is 31.2 Å². The molecule has 138 valence electrons. The van der Waals surface area contributed by atoms with E-state index in [0.29, 0.717) is 5.41 Å². The third-order valence-electron chi connectivity index (χ3n) is 6.03. The van der Waals surface area contributed by atoms with Crippen molar-refractivity contribution in [2.75, 3.05) is 39.9 Å². The largest absolute Gasteiger partial charge is 0.381 e. The molecule has 0 amide bonds. The SMILES string of the molecule is CN=C(NCC1(c2ccc(Cl)cc2)CC1)N1CCC2(CCOC2)C1.I. The number of benzene rings is 1. The van der Waals surface area contributed by atoms with Gasteiger partial charge in [-0.2, -0.15) is 0 Å². The number of likely N-dealkylation sites (tertiary alicyclic amines) is 1. The number of aliphatic imine (C=N–C) groups is 1. The zero-order chi connectivity index (χ0) is 16.6. The van der Waals surface area contributed by atoms with Gasteiger partial charge in [-0.15, -0.1) is 24.0 Å². The number of nitrogens with one attached hydrogen (secondary N) is 1. The van der Waals surface area contributed by atoms with Gasteiger partial charge in [0.1, 0.15) is 0 Å². The van der Waals surface area contributed by atoms with Gasteiger partial charge in [-0.05, 0) is 43.4 Å². The monoisotopic (exact) mass is 475 g/mol. The highest BCUT2D eigenvalue weighted by atomic mass is 127. The fourth-order valence-corrected chi connectivity index (χ4v) is 4.32. The molecule has 1 aliphatic carbocycles. The molecule has 3 aliphatic rings. The van der Waals surface area contributed by atoms with E-state index in [0.717, 1.165) is 43.8 Å². The van der Waals surface area contributed by atoms with Crippen molar-refractivity contribution in [3.63, 3.8) is 0 Å². The van der Waals surface area contributed by atoms with Crippen LogP contribution in [-0.4, -0.2) is 50.8 Å². The molecular formula is C19H27ClIN3O. The van der Waals surface area contributed by atoms with Crippen LogP contribution in [0.4, 0.5) is 0 Å². The molecule has 1 atom stereocenters. The average Bonchev–Trinajstić information content (AvgIpc) is 3.06. The Morgan fingerprint density at radius 2 is 2.00 bits per heavy atom. The van der Waals surface area contributed by atoms with Crippen molar-refractivity contribution >= 4 is 41.5 Å². The fourth-order valence-electron chi connectivity index (χ4n) is 4.19. The van der Waals surface area contributed by atoms with E-state index in [2.05, 4.69) is 27.3 Å². The second-order valence-corrected chi connectivity index (χ2v) is 8.10. The first-order chi connectivity index (χ1) is 11.6. The first-order valence-corrected chi connectivity index (χ1v) is 9.32. The van der Waals surface area contributed by atoms with E-state index in [4.69, 9.17) is 16.3 Å². The summed E-state index contributed by atoms with van der Waals surface area (Å²) in [7, 11) is 1.89. The Balaban J connectivity index is 0.00000182. The number of rotatable bonds is 3. The normalized spacial score (nSPS) is 27.4. The van der Waals surface area contributed by atoms with Crippen LogP contribution < -0.4 is 5.32 Å². The van der Waals surface area contributed by atoms with Crippen LogP contribution >= 0.6 is 35.6 Å². The van der Waals surface area contributed by atoms with Crippen LogP contribution in [0.2, 0.25) is 5.02 Å². The van der Waals surface area contributed by atoms with Crippen molar-refractivity contribution in [1.82, 2.24) is 10.2 Å². The molecule has 4 rings (SSSR count). The molecule has 6 heteroatoms. The summed E-state index contributed by atoms with van der Waals surface area (Å²) in [6, 6.07) is 8.33. The molecule has 4 nitrogen and oxygen atoms in total. The number of ether oxygens (including phenoxy) is 1. The quantitative estimate of drug-likeness (QED) is 0.412. The van der Waals surface area contributed by atoms with E-state index in [-0.39, 0.29) is 29.4 Å². The molecule has 25 heavy (non-hydrogen) atoms. The highest BCUT2D eigenvalue weighted by Crippen LogP contribution is 2.48. The third kappa shape index (κ3) is 3.93. The lowest BCUT2D eigenvalue weighted by Gasteiger charge is -2.26. The predicted octanol–water partition coefficient (Wildman–Crippen LogP) is 3.68. The Morgan fingerprint density at radius 3 is 2.60 bits per heavy atom. The van der Waals surface area contributed by atoms with Crippen molar-refractivity contribution in [3.05, 3.63) is 34.9 Å². The number of halogens is 2. The van der Waals surface area contributed by atoms with Gasteiger partial charge in [0.15, 0.2) is 5.96 Å². The Hall–Kier alpha value is -0.530. The second-order valence-electron chi connectivity index (χ2n) is 7.66. The Bertz CT molecular complexity index is 624. The standard InChI is InChI=1S/C19H26ClN3O.HI/c1-21-17(23-10-8-18(13-23)9-11-24-14-18)22-12-19(6-7-19)15-2-4-16(20)5-3-15;/h2-5H,6-14H2,1H3,(H,21,22);1H. The van der Waals surface area contributed by atoms with Crippen LogP contribution in [0.5, 0.6) is 0 Å². The molecule has 1 spiro atoms. The lowest BCUT2D eigenvalue weighted by molar-refractivity contribution is 0.156. The van der Waals surface area contributed by atoms with Crippen molar-refractivity contribution in [2.45, 2.75) is 31.1 Å². The molecule has 0 radical (unpaired) electrons. The van der Waals surface area contributed by atoms with Gasteiger partial charge in [-0.1, -0.05) is 23.7 Å². The number of hydrogen-bond acceptors (Lipinski definition) is 2. The summed E-state index contributed by atoms with van der Waals surface area (Å²) >= 11 is 6.03. The molecular weight excluding hydrogens is 449 g/mol. The maximum atomic E-state index is 6.03. The molecule has 0 aromatic heterocycles. The molecule has 2 aliphatic heterocycles. The summed E-state index contributed by atoms with van der Waals surface area (Å²) in [6.45, 7) is 4.92. The molecule has 0 bridgehead atoms. The lowest BCUT2D eigenvalue weighted by Crippen LogP contribution is -2.44. The van der Waals surface area contributed by atoms with Crippen LogP contribution in [0.25, 0.3) is 0 Å². The van der Waals surface area contributed by atoms with E-state index in [9.17, 15) is 0 Å². The van der Waals surface area contributed by atoms with Gasteiger partial charge in [-0.3, -0.25) is 4.99 Å². The molecule has 1 aromatic carbocycles. The highest BCUT2D eigenvalue weighted by molar-refractivity contribution is 14.0. The molecule has 1 unspecified atom stereocenters. The summed E-state index contributed by atoms with van der Waals surface area (Å²) in [5, 5.41) is 4.44. The van der Waals surface area contributed by atoms with Crippen LogP contribution in [0, 0.1) is 5.41 Å². The van der Waals surface area contributed by atoms with Gasteiger partial charge < -0.3 is 15.0 Å². The minimum Gasteiger partial charge on any atom is -0.381 e. The van der Waals surface area contributed by atoms with Crippen molar-refractivity contribution in [1.29, 1.82) is 0 Å². The topological polar surface area (TPSA) is 36.9 Å². The van der Waals surface area contributed by atoms with E-state index >= 15 is 0 Å². The molecule has 1 aromatic rings. The Labute approximate surface area is 172 Å². The highest BCUT2D eigenvalue weighted by Gasteiger charge is 2.45. The molecule has 2 saturated heterocycles. The van der Waals surface area contributed by atoms with Crippen molar-refractivity contribution in [2.24, 2.45) is 10.4 Å². The number of hydrogen-bond donors (Lipinski definition) is 1. The molecule has 1 saturated carbocycles. The first kappa shape index (κ1) is 19.2. The zero-order valence-corrected chi connectivity index (χ0v) is 17.8. The van der Waals surface area contributed by atoms with Gasteiger partial charge in [0.05, 0.1) is 6.61 Å². The van der Waals surface area contributed by atoms with Gasteiger partial charge in [0.2, 0.25) is 0 Å². The van der Waals surface area contributed by atoms with Crippen LogP contribution in [0.3, 0.4) is 0 Å². The Morgan fingerprint density at radius 1 is 1.24 bits per heavy atom. The third-order valence-corrected chi connectivity index (χ3v) is 6.28. The number of guanidine groups is 1. The van der Waals surface area contributed by atoms with Crippen LogP contribution in [-0.2, 0) is 10.2 Å². The predicted molar refractivity (Wildman–Crippen MR) is 113 cm³/mol. The smallest absolute Gasteiger partial charge is 0.193 e. The Kier molecular flexibility index (Phi) is 5.85. The van der Waals surface area contributed by atoms with E-state index in [1.54, 1.807) is 0 Å². The van der Waals surface area contributed by atoms with Crippen molar-refractivity contribution < 1.29 is 4.74 Å². The summed E-state index contributed by atoms with van der Waals surface area (Å²) in [6.07, 6.45) is 4.87. The summed E-state index contributed by atoms with van der Waals surface area (Å²) in [5.74, 6) is 1.04. The summed E-state index contributed by atoms with van der Waals surface area (Å²) < 4.78 is 5.64. The minimum atomic E-state index is 0. The lowest BCUT2D eigenvalue weighted by atomic mass is 9.87. The van der Waals surface area contributed by atoms with Gasteiger partial charge in [0.25, 0.3) is 0 Å². The fraction of sp³-hybridized carbons (Fsp3) is 0.632. The van der Waals surface area contributed by atoms with Gasteiger partial charge in [-0.25, -0.2) is 0 Å².